The van der Waals surface area contributed by atoms with Gasteiger partial charge in [-0.15, -0.1) is 0 Å². The monoisotopic (exact) mass is 368 g/mol. The quantitative estimate of drug-likeness (QED) is 0.387. The van der Waals surface area contributed by atoms with Crippen molar-refractivity contribution in [2.24, 2.45) is 17.8 Å². The third kappa shape index (κ3) is 6.96. The maximum atomic E-state index is 12.7. The molecule has 1 unspecified atom stereocenters. The molecule has 0 saturated heterocycles. The maximum absolute atomic E-state index is 12.7. The van der Waals surface area contributed by atoms with E-state index in [1.165, 1.54) is 76.3 Å². The SMILES string of the molecule is CCCCCCCC1CCC(C(C)Cc2ccc(C(F)(F)F)cc2)CC1. The Bertz CT molecular complexity index is 495. The van der Waals surface area contributed by atoms with Gasteiger partial charge >= 0.3 is 6.18 Å². The van der Waals surface area contributed by atoms with Crippen LogP contribution in [0.3, 0.4) is 0 Å². The largest absolute Gasteiger partial charge is 0.416 e. The topological polar surface area (TPSA) is 0 Å². The van der Waals surface area contributed by atoms with E-state index in [4.69, 9.17) is 0 Å². The molecule has 0 radical (unpaired) electrons. The van der Waals surface area contributed by atoms with Crippen molar-refractivity contribution >= 4 is 0 Å². The van der Waals surface area contributed by atoms with Crippen LogP contribution in [0.4, 0.5) is 13.2 Å². The summed E-state index contributed by atoms with van der Waals surface area (Å²) >= 11 is 0. The van der Waals surface area contributed by atoms with E-state index in [0.29, 0.717) is 5.92 Å². The van der Waals surface area contributed by atoms with E-state index in [0.717, 1.165) is 23.8 Å². The fraction of sp³-hybridized carbons (Fsp3) is 0.739. The molecule has 148 valence electrons. The fourth-order valence-corrected chi connectivity index (χ4v) is 4.45. The summed E-state index contributed by atoms with van der Waals surface area (Å²) in [5.41, 5.74) is 0.483. The fourth-order valence-electron chi connectivity index (χ4n) is 4.45. The molecule has 26 heavy (non-hydrogen) atoms. The number of hydrogen-bond donors (Lipinski definition) is 0. The van der Waals surface area contributed by atoms with E-state index in [1.807, 2.05) is 0 Å². The van der Waals surface area contributed by atoms with Crippen LogP contribution in [-0.2, 0) is 12.6 Å². The third-order valence-corrected chi connectivity index (χ3v) is 6.25. The molecule has 0 heterocycles. The average Bonchev–Trinajstić information content (AvgIpc) is 2.62. The highest BCUT2D eigenvalue weighted by molar-refractivity contribution is 5.24. The third-order valence-electron chi connectivity index (χ3n) is 6.25. The van der Waals surface area contributed by atoms with Crippen LogP contribution in [0.5, 0.6) is 0 Å². The highest BCUT2D eigenvalue weighted by atomic mass is 19.4. The summed E-state index contributed by atoms with van der Waals surface area (Å²) in [4.78, 5) is 0. The zero-order valence-corrected chi connectivity index (χ0v) is 16.5. The van der Waals surface area contributed by atoms with Crippen LogP contribution in [0.15, 0.2) is 24.3 Å². The van der Waals surface area contributed by atoms with Gasteiger partial charge in [-0.25, -0.2) is 0 Å². The van der Waals surface area contributed by atoms with Crippen molar-refractivity contribution in [2.45, 2.75) is 90.7 Å². The van der Waals surface area contributed by atoms with Gasteiger partial charge in [0, 0.05) is 0 Å². The van der Waals surface area contributed by atoms with Gasteiger partial charge in [0.1, 0.15) is 0 Å². The van der Waals surface area contributed by atoms with Crippen molar-refractivity contribution in [1.29, 1.82) is 0 Å². The first kappa shape index (κ1) is 21.3. The first-order valence-corrected chi connectivity index (χ1v) is 10.6. The lowest BCUT2D eigenvalue weighted by Crippen LogP contribution is -2.21. The van der Waals surface area contributed by atoms with Crippen molar-refractivity contribution < 1.29 is 13.2 Å². The maximum Gasteiger partial charge on any atom is 0.416 e. The molecule has 1 aromatic rings. The van der Waals surface area contributed by atoms with Crippen LogP contribution in [-0.4, -0.2) is 0 Å². The second kappa shape index (κ2) is 10.4. The summed E-state index contributed by atoms with van der Waals surface area (Å²) < 4.78 is 38.0. The molecule has 0 spiro atoms. The molecule has 0 N–H and O–H groups in total. The van der Waals surface area contributed by atoms with E-state index in [9.17, 15) is 13.2 Å². The number of benzene rings is 1. The molecule has 0 bridgehead atoms. The minimum absolute atomic E-state index is 0.548. The van der Waals surface area contributed by atoms with E-state index >= 15 is 0 Å². The van der Waals surface area contributed by atoms with Gasteiger partial charge in [-0.05, 0) is 54.7 Å². The molecule has 3 heteroatoms. The minimum Gasteiger partial charge on any atom is -0.166 e. The molecule has 1 fully saturated rings. The second-order valence-electron chi connectivity index (χ2n) is 8.36. The molecule has 0 aliphatic heterocycles. The molecule has 0 aromatic heterocycles. The van der Waals surface area contributed by atoms with Gasteiger partial charge in [-0.3, -0.25) is 0 Å². The Hall–Kier alpha value is -0.990. The van der Waals surface area contributed by atoms with Gasteiger partial charge in [0.2, 0.25) is 0 Å². The number of hydrogen-bond acceptors (Lipinski definition) is 0. The Morgan fingerprint density at radius 3 is 2.12 bits per heavy atom. The smallest absolute Gasteiger partial charge is 0.166 e. The summed E-state index contributed by atoms with van der Waals surface area (Å²) in [6.07, 6.45) is 10.2. The number of rotatable bonds is 9. The highest BCUT2D eigenvalue weighted by Gasteiger charge is 2.30. The predicted molar refractivity (Wildman–Crippen MR) is 103 cm³/mol. The minimum atomic E-state index is -4.24. The van der Waals surface area contributed by atoms with Gasteiger partial charge < -0.3 is 0 Å². The van der Waals surface area contributed by atoms with Crippen molar-refractivity contribution in [2.75, 3.05) is 0 Å². The Morgan fingerprint density at radius 2 is 1.54 bits per heavy atom. The van der Waals surface area contributed by atoms with Crippen LogP contribution in [0.2, 0.25) is 0 Å². The number of halogens is 3. The van der Waals surface area contributed by atoms with Crippen molar-refractivity contribution in [3.05, 3.63) is 35.4 Å². The van der Waals surface area contributed by atoms with Crippen LogP contribution < -0.4 is 0 Å². The van der Waals surface area contributed by atoms with Gasteiger partial charge in [0.05, 0.1) is 5.56 Å². The number of unbranched alkanes of at least 4 members (excludes halogenated alkanes) is 4. The Kier molecular flexibility index (Phi) is 8.50. The molecular formula is C23H35F3. The molecule has 1 aromatic carbocycles. The van der Waals surface area contributed by atoms with Crippen molar-refractivity contribution in [3.8, 4) is 0 Å². The van der Waals surface area contributed by atoms with Crippen LogP contribution in [0, 0.1) is 17.8 Å². The van der Waals surface area contributed by atoms with E-state index in [1.54, 1.807) is 12.1 Å². The summed E-state index contributed by atoms with van der Waals surface area (Å²) in [5.74, 6) is 2.19. The first-order chi connectivity index (χ1) is 12.4. The molecule has 0 nitrogen and oxygen atoms in total. The van der Waals surface area contributed by atoms with Crippen molar-refractivity contribution in [1.82, 2.24) is 0 Å². The second-order valence-corrected chi connectivity index (χ2v) is 8.36. The zero-order valence-electron chi connectivity index (χ0n) is 16.5. The van der Waals surface area contributed by atoms with Gasteiger partial charge in [-0.2, -0.15) is 13.2 Å². The number of alkyl halides is 3. The summed E-state index contributed by atoms with van der Waals surface area (Å²) in [6.45, 7) is 4.53. The highest BCUT2D eigenvalue weighted by Crippen LogP contribution is 2.37. The first-order valence-electron chi connectivity index (χ1n) is 10.6. The van der Waals surface area contributed by atoms with Crippen LogP contribution in [0.1, 0.15) is 89.2 Å². The summed E-state index contributed by atoms with van der Waals surface area (Å²) in [6, 6.07) is 5.75. The Morgan fingerprint density at radius 1 is 0.923 bits per heavy atom. The van der Waals surface area contributed by atoms with Gasteiger partial charge in [-0.1, -0.05) is 77.3 Å². The van der Waals surface area contributed by atoms with Gasteiger partial charge in [0.15, 0.2) is 0 Å². The lowest BCUT2D eigenvalue weighted by Gasteiger charge is -2.32. The molecule has 0 amide bonds. The molecule has 1 aliphatic carbocycles. The lowest BCUT2D eigenvalue weighted by atomic mass is 9.73. The van der Waals surface area contributed by atoms with E-state index < -0.39 is 11.7 Å². The standard InChI is InChI=1S/C23H35F3/c1-3-4-5-6-7-8-19-9-13-21(14-10-19)18(2)17-20-11-15-22(16-12-20)23(24,25)26/h11-12,15-16,18-19,21H,3-10,13-14,17H2,1-2H3. The van der Waals surface area contributed by atoms with Crippen LogP contribution in [0.25, 0.3) is 0 Å². The summed E-state index contributed by atoms with van der Waals surface area (Å²) in [5, 5.41) is 0. The molecule has 1 aliphatic rings. The summed E-state index contributed by atoms with van der Waals surface area (Å²) in [7, 11) is 0. The molecule has 2 rings (SSSR count). The predicted octanol–water partition coefficient (Wildman–Crippen LogP) is 8.05. The zero-order chi connectivity index (χ0) is 19.0. The van der Waals surface area contributed by atoms with E-state index in [2.05, 4.69) is 13.8 Å². The Labute approximate surface area is 157 Å². The normalized spacial score (nSPS) is 22.3. The molecule has 1 atom stereocenters. The van der Waals surface area contributed by atoms with E-state index in [-0.39, 0.29) is 0 Å². The molecular weight excluding hydrogens is 333 g/mol. The lowest BCUT2D eigenvalue weighted by molar-refractivity contribution is -0.137. The average molecular weight is 369 g/mol. The molecule has 1 saturated carbocycles. The van der Waals surface area contributed by atoms with Gasteiger partial charge in [0.25, 0.3) is 0 Å². The van der Waals surface area contributed by atoms with Crippen molar-refractivity contribution in [3.63, 3.8) is 0 Å². The Balaban J connectivity index is 1.70. The van der Waals surface area contributed by atoms with Crippen LogP contribution >= 0.6 is 0 Å².